The summed E-state index contributed by atoms with van der Waals surface area (Å²) in [6.45, 7) is 0. The van der Waals surface area contributed by atoms with Gasteiger partial charge in [-0.1, -0.05) is 30.3 Å². The van der Waals surface area contributed by atoms with Gasteiger partial charge in [0, 0.05) is 0 Å². The van der Waals surface area contributed by atoms with E-state index < -0.39 is 24.0 Å². The number of rotatable bonds is 5. The van der Waals surface area contributed by atoms with Crippen LogP contribution in [-0.2, 0) is 10.4 Å². The molecule has 1 atom stereocenters. The molecule has 0 saturated carbocycles. The molecule has 0 aliphatic rings. The summed E-state index contributed by atoms with van der Waals surface area (Å²) in [4.78, 5) is 11.8. The van der Waals surface area contributed by atoms with Crippen molar-refractivity contribution in [2.24, 2.45) is 0 Å². The van der Waals surface area contributed by atoms with Crippen molar-refractivity contribution < 1.29 is 27.5 Å². The molecule has 0 radical (unpaired) electrons. The van der Waals surface area contributed by atoms with E-state index in [0.717, 1.165) is 18.2 Å². The Morgan fingerprint density at radius 1 is 1.14 bits per heavy atom. The highest BCUT2D eigenvalue weighted by Crippen LogP contribution is 2.41. The molecule has 2 aromatic rings. The number of ketones is 1. The van der Waals surface area contributed by atoms with Crippen molar-refractivity contribution in [1.82, 2.24) is 0 Å². The van der Waals surface area contributed by atoms with Crippen molar-refractivity contribution in [1.29, 1.82) is 0 Å². The highest BCUT2D eigenvalue weighted by atomic mass is 19.4. The highest BCUT2D eigenvalue weighted by molar-refractivity contribution is 5.94. The number of benzene rings is 1. The van der Waals surface area contributed by atoms with Crippen LogP contribution in [0.25, 0.3) is 6.08 Å². The summed E-state index contributed by atoms with van der Waals surface area (Å²) in [6, 6.07) is 9.68. The number of carbonyl (C=O) groups excluding carboxylic acids is 1. The highest BCUT2D eigenvalue weighted by Gasteiger charge is 2.55. The Bertz CT molecular complexity index is 645. The molecule has 0 aliphatic heterocycles. The van der Waals surface area contributed by atoms with Gasteiger partial charge in [-0.2, -0.15) is 13.2 Å². The van der Waals surface area contributed by atoms with Crippen molar-refractivity contribution in [2.45, 2.75) is 18.2 Å². The lowest BCUT2D eigenvalue weighted by Crippen LogP contribution is -2.43. The van der Waals surface area contributed by atoms with Crippen LogP contribution in [0.4, 0.5) is 13.2 Å². The smallest absolute Gasteiger partial charge is 0.421 e. The molecule has 0 amide bonds. The second-order valence-corrected chi connectivity index (χ2v) is 4.72. The molecule has 0 bridgehead atoms. The largest absolute Gasteiger partial charge is 0.465 e. The summed E-state index contributed by atoms with van der Waals surface area (Å²) < 4.78 is 44.6. The molecule has 0 saturated heterocycles. The Morgan fingerprint density at radius 3 is 2.36 bits per heavy atom. The molecule has 0 spiro atoms. The first-order chi connectivity index (χ1) is 10.3. The van der Waals surface area contributed by atoms with Crippen molar-refractivity contribution in [3.05, 3.63) is 66.1 Å². The topological polar surface area (TPSA) is 50.4 Å². The summed E-state index contributed by atoms with van der Waals surface area (Å²) in [6.07, 6.45) is -2.48. The van der Waals surface area contributed by atoms with E-state index in [0.29, 0.717) is 5.76 Å². The molecule has 0 fully saturated rings. The van der Waals surface area contributed by atoms with Crippen LogP contribution in [0.15, 0.2) is 59.2 Å². The minimum atomic E-state index is -4.97. The molecule has 3 nitrogen and oxygen atoms in total. The van der Waals surface area contributed by atoms with E-state index >= 15 is 0 Å². The Balaban J connectivity index is 2.23. The monoisotopic (exact) mass is 310 g/mol. The first-order valence-electron chi connectivity index (χ1n) is 6.42. The van der Waals surface area contributed by atoms with E-state index in [1.807, 2.05) is 0 Å². The summed E-state index contributed by atoms with van der Waals surface area (Å²) in [7, 11) is 0. The van der Waals surface area contributed by atoms with E-state index in [9.17, 15) is 23.1 Å². The van der Waals surface area contributed by atoms with E-state index in [1.165, 1.54) is 30.5 Å². The Kier molecular flexibility index (Phi) is 4.51. The van der Waals surface area contributed by atoms with Crippen molar-refractivity contribution in [3.63, 3.8) is 0 Å². The van der Waals surface area contributed by atoms with Crippen LogP contribution in [0.1, 0.15) is 17.7 Å². The van der Waals surface area contributed by atoms with Gasteiger partial charge in [0.2, 0.25) is 0 Å². The zero-order valence-electron chi connectivity index (χ0n) is 11.4. The predicted molar refractivity (Wildman–Crippen MR) is 73.8 cm³/mol. The summed E-state index contributed by atoms with van der Waals surface area (Å²) in [5.74, 6) is -0.524. The number of carbonyl (C=O) groups is 1. The van der Waals surface area contributed by atoms with E-state index in [1.54, 1.807) is 12.1 Å². The van der Waals surface area contributed by atoms with Gasteiger partial charge >= 0.3 is 6.18 Å². The zero-order valence-corrected chi connectivity index (χ0v) is 11.4. The normalized spacial score (nSPS) is 14.9. The molecular formula is C16H13F3O3. The third-order valence-corrected chi connectivity index (χ3v) is 3.13. The average Bonchev–Trinajstić information content (AvgIpc) is 2.98. The van der Waals surface area contributed by atoms with Crippen LogP contribution < -0.4 is 0 Å². The van der Waals surface area contributed by atoms with E-state index in [2.05, 4.69) is 0 Å². The predicted octanol–water partition coefficient (Wildman–Crippen LogP) is 3.70. The second-order valence-electron chi connectivity index (χ2n) is 4.72. The zero-order chi connectivity index (χ0) is 16.2. The summed E-state index contributed by atoms with van der Waals surface area (Å²) in [5.41, 5.74) is -3.60. The Hall–Kier alpha value is -2.34. The Labute approximate surface area is 124 Å². The number of hydrogen-bond donors (Lipinski definition) is 1. The molecule has 1 N–H and O–H groups in total. The Morgan fingerprint density at radius 2 is 1.82 bits per heavy atom. The lowest BCUT2D eigenvalue weighted by atomic mass is 9.88. The number of aliphatic hydroxyl groups is 1. The van der Waals surface area contributed by atoms with Gasteiger partial charge in [0.25, 0.3) is 0 Å². The molecule has 6 heteroatoms. The van der Waals surface area contributed by atoms with Crippen molar-refractivity contribution in [2.75, 3.05) is 0 Å². The van der Waals surface area contributed by atoms with Crippen LogP contribution in [0, 0.1) is 0 Å². The fourth-order valence-corrected chi connectivity index (χ4v) is 1.95. The number of alkyl halides is 3. The average molecular weight is 310 g/mol. The third-order valence-electron chi connectivity index (χ3n) is 3.13. The lowest BCUT2D eigenvalue weighted by molar-refractivity contribution is -0.266. The van der Waals surface area contributed by atoms with Crippen LogP contribution in [0.2, 0.25) is 0 Å². The maximum Gasteiger partial charge on any atom is 0.421 e. The molecular weight excluding hydrogens is 297 g/mol. The van der Waals surface area contributed by atoms with Crippen LogP contribution in [0.5, 0.6) is 0 Å². The minimum absolute atomic E-state index is 0.337. The third kappa shape index (κ3) is 3.46. The van der Waals surface area contributed by atoms with Crippen molar-refractivity contribution in [3.8, 4) is 0 Å². The van der Waals surface area contributed by atoms with Gasteiger partial charge in [-0.3, -0.25) is 4.79 Å². The number of allylic oxidation sites excluding steroid dienone is 1. The van der Waals surface area contributed by atoms with E-state index in [-0.39, 0.29) is 5.56 Å². The standard InChI is InChI=1S/C16H13F3O3/c17-16(18,19)15(21,12-5-2-1-3-6-12)11-13(20)8-9-14-7-4-10-22-14/h1-10,21H,11H2/b9-8-. The van der Waals surface area contributed by atoms with Gasteiger partial charge in [-0.15, -0.1) is 0 Å². The van der Waals surface area contributed by atoms with E-state index in [4.69, 9.17) is 4.42 Å². The first kappa shape index (κ1) is 16.0. The first-order valence-corrected chi connectivity index (χ1v) is 6.42. The lowest BCUT2D eigenvalue weighted by Gasteiger charge is -2.30. The maximum absolute atomic E-state index is 13.2. The molecule has 0 aliphatic carbocycles. The van der Waals surface area contributed by atoms with Gasteiger partial charge in [-0.05, 0) is 29.8 Å². The maximum atomic E-state index is 13.2. The summed E-state index contributed by atoms with van der Waals surface area (Å²) in [5, 5.41) is 10.0. The van der Waals surface area contributed by atoms with Gasteiger partial charge in [0.15, 0.2) is 11.4 Å². The van der Waals surface area contributed by atoms with Crippen LogP contribution in [0.3, 0.4) is 0 Å². The quantitative estimate of drug-likeness (QED) is 0.857. The number of furan rings is 1. The molecule has 1 unspecified atom stereocenters. The molecule has 1 heterocycles. The molecule has 1 aromatic heterocycles. The molecule has 1 aromatic carbocycles. The fraction of sp³-hybridized carbons (Fsp3) is 0.188. The fourth-order valence-electron chi connectivity index (χ4n) is 1.95. The molecule has 22 heavy (non-hydrogen) atoms. The van der Waals surface area contributed by atoms with Gasteiger partial charge in [-0.25, -0.2) is 0 Å². The second kappa shape index (κ2) is 6.19. The summed E-state index contributed by atoms with van der Waals surface area (Å²) >= 11 is 0. The van der Waals surface area contributed by atoms with Gasteiger partial charge in [0.1, 0.15) is 5.76 Å². The van der Waals surface area contributed by atoms with Gasteiger partial charge in [0.05, 0.1) is 12.7 Å². The number of halogens is 3. The minimum Gasteiger partial charge on any atom is -0.465 e. The molecule has 116 valence electrons. The van der Waals surface area contributed by atoms with Gasteiger partial charge < -0.3 is 9.52 Å². The van der Waals surface area contributed by atoms with Crippen LogP contribution >= 0.6 is 0 Å². The van der Waals surface area contributed by atoms with Crippen molar-refractivity contribution >= 4 is 11.9 Å². The molecule has 2 rings (SSSR count). The van der Waals surface area contributed by atoms with Crippen LogP contribution in [-0.4, -0.2) is 17.1 Å². The SMILES string of the molecule is O=C(/C=C\c1ccco1)CC(O)(c1ccccc1)C(F)(F)F. The number of hydrogen-bond acceptors (Lipinski definition) is 3.